The Morgan fingerprint density at radius 2 is 2.13 bits per heavy atom. The summed E-state index contributed by atoms with van der Waals surface area (Å²) in [4.78, 5) is 25.5. The number of aryl methyl sites for hydroxylation is 1. The Morgan fingerprint density at radius 3 is 2.87 bits per heavy atom. The Bertz CT molecular complexity index is 713. The van der Waals surface area contributed by atoms with Crippen molar-refractivity contribution in [1.29, 1.82) is 0 Å². The zero-order valence-corrected chi connectivity index (χ0v) is 13.4. The van der Waals surface area contributed by atoms with Gasteiger partial charge in [0.05, 0.1) is 6.54 Å². The molecule has 2 aromatic rings. The summed E-state index contributed by atoms with van der Waals surface area (Å²) in [5, 5.41) is 0. The van der Waals surface area contributed by atoms with Crippen LogP contribution in [-0.2, 0) is 18.4 Å². The zero-order valence-electron chi connectivity index (χ0n) is 13.4. The number of carbonyl (C=O) groups excluding carboxylic acids is 1. The van der Waals surface area contributed by atoms with Crippen molar-refractivity contribution < 1.29 is 4.79 Å². The lowest BCUT2D eigenvalue weighted by Gasteiger charge is -2.23. The fraction of sp³-hybridized carbons (Fsp3) is 0.471. The second-order valence-corrected chi connectivity index (χ2v) is 6.76. The fourth-order valence-electron chi connectivity index (χ4n) is 3.80. The van der Waals surface area contributed by atoms with E-state index in [1.54, 1.807) is 6.20 Å². The molecule has 2 saturated heterocycles. The molecule has 2 aliphatic rings. The zero-order chi connectivity index (χ0) is 15.9. The predicted molar refractivity (Wildman–Crippen MR) is 86.7 cm³/mol. The molecule has 0 radical (unpaired) electrons. The molecule has 6 nitrogen and oxygen atoms in total. The number of carbonyl (C=O) groups is 1. The van der Waals surface area contributed by atoms with Crippen molar-refractivity contribution in [3.8, 4) is 0 Å². The summed E-state index contributed by atoms with van der Waals surface area (Å²) in [5.74, 6) is 2.05. The molecule has 0 N–H and O–H groups in total. The second-order valence-electron chi connectivity index (χ2n) is 6.76. The molecule has 4 rings (SSSR count). The SMILES string of the molecule is Cn1ccnc1CN1CC[C@@]2(CC(=O)N(c3ccccn3)C2)C1. The highest BCUT2D eigenvalue weighted by Crippen LogP contribution is 2.41. The molecule has 2 aliphatic heterocycles. The van der Waals surface area contributed by atoms with Crippen molar-refractivity contribution in [2.24, 2.45) is 12.5 Å². The maximum atomic E-state index is 12.5. The van der Waals surface area contributed by atoms with Crippen LogP contribution < -0.4 is 4.90 Å². The van der Waals surface area contributed by atoms with Crippen molar-refractivity contribution in [1.82, 2.24) is 19.4 Å². The number of imidazole rings is 1. The van der Waals surface area contributed by atoms with Crippen molar-refractivity contribution in [2.45, 2.75) is 19.4 Å². The molecule has 0 unspecified atom stereocenters. The topological polar surface area (TPSA) is 54.3 Å². The number of nitrogens with zero attached hydrogens (tertiary/aromatic N) is 5. The van der Waals surface area contributed by atoms with E-state index in [4.69, 9.17) is 0 Å². The normalized spacial score (nSPS) is 24.9. The maximum absolute atomic E-state index is 12.5. The number of hydrogen-bond donors (Lipinski definition) is 0. The highest BCUT2D eigenvalue weighted by atomic mass is 16.2. The molecule has 4 heterocycles. The smallest absolute Gasteiger partial charge is 0.228 e. The van der Waals surface area contributed by atoms with Crippen LogP contribution in [0.1, 0.15) is 18.7 Å². The van der Waals surface area contributed by atoms with Gasteiger partial charge in [0.2, 0.25) is 5.91 Å². The first kappa shape index (κ1) is 14.4. The highest BCUT2D eigenvalue weighted by molar-refractivity contribution is 5.95. The predicted octanol–water partition coefficient (Wildman–Crippen LogP) is 1.44. The summed E-state index contributed by atoms with van der Waals surface area (Å²) in [7, 11) is 2.02. The number of rotatable bonds is 3. The quantitative estimate of drug-likeness (QED) is 0.861. The standard InChI is InChI=1S/C17H21N5O/c1-20-9-7-19-15(20)11-21-8-5-17(12-21)10-16(23)22(13-17)14-4-2-3-6-18-14/h2-4,6-7,9H,5,8,10-13H2,1H3/t17-/m1/s1. The van der Waals surface area contributed by atoms with Gasteiger partial charge in [0.1, 0.15) is 11.6 Å². The summed E-state index contributed by atoms with van der Waals surface area (Å²) >= 11 is 0. The largest absolute Gasteiger partial charge is 0.337 e. The van der Waals surface area contributed by atoms with Crippen LogP contribution in [0.2, 0.25) is 0 Å². The number of hydrogen-bond acceptors (Lipinski definition) is 4. The average Bonchev–Trinajstić information content (AvgIpc) is 3.22. The Labute approximate surface area is 135 Å². The lowest BCUT2D eigenvalue weighted by Crippen LogP contribution is -2.31. The molecule has 1 atom stereocenters. The van der Waals surface area contributed by atoms with E-state index in [-0.39, 0.29) is 11.3 Å². The fourth-order valence-corrected chi connectivity index (χ4v) is 3.80. The molecule has 0 aliphatic carbocycles. The Kier molecular flexibility index (Phi) is 3.41. The number of likely N-dealkylation sites (tertiary alicyclic amines) is 1. The van der Waals surface area contributed by atoms with Gasteiger partial charge in [-0.25, -0.2) is 9.97 Å². The first-order valence-corrected chi connectivity index (χ1v) is 8.05. The number of anilines is 1. The molecule has 2 aromatic heterocycles. The highest BCUT2D eigenvalue weighted by Gasteiger charge is 2.48. The molecule has 23 heavy (non-hydrogen) atoms. The molecule has 0 saturated carbocycles. The monoisotopic (exact) mass is 311 g/mol. The second kappa shape index (κ2) is 5.45. The maximum Gasteiger partial charge on any atom is 0.228 e. The molecular formula is C17H21N5O. The van der Waals surface area contributed by atoms with Crippen LogP contribution in [0, 0.1) is 5.41 Å². The molecule has 1 spiro atoms. The third-order valence-electron chi connectivity index (χ3n) is 5.05. The van der Waals surface area contributed by atoms with E-state index < -0.39 is 0 Å². The van der Waals surface area contributed by atoms with Crippen molar-refractivity contribution >= 4 is 11.7 Å². The van der Waals surface area contributed by atoms with Gasteiger partial charge in [0.15, 0.2) is 0 Å². The molecule has 1 amide bonds. The molecule has 0 bridgehead atoms. The van der Waals surface area contributed by atoms with Crippen LogP contribution in [0.3, 0.4) is 0 Å². The van der Waals surface area contributed by atoms with Crippen LogP contribution in [0.5, 0.6) is 0 Å². The third kappa shape index (κ3) is 2.63. The molecule has 2 fully saturated rings. The van der Waals surface area contributed by atoms with Gasteiger partial charge in [0.25, 0.3) is 0 Å². The third-order valence-corrected chi connectivity index (χ3v) is 5.05. The van der Waals surface area contributed by atoms with E-state index in [1.807, 2.05) is 42.5 Å². The minimum atomic E-state index is 0.0692. The van der Waals surface area contributed by atoms with Crippen molar-refractivity contribution in [3.05, 3.63) is 42.6 Å². The summed E-state index contributed by atoms with van der Waals surface area (Å²) in [6, 6.07) is 5.73. The number of aromatic nitrogens is 3. The summed E-state index contributed by atoms with van der Waals surface area (Å²) in [6.07, 6.45) is 7.24. The summed E-state index contributed by atoms with van der Waals surface area (Å²) in [5.41, 5.74) is 0.0692. The Morgan fingerprint density at radius 1 is 1.22 bits per heavy atom. The molecule has 0 aromatic carbocycles. The summed E-state index contributed by atoms with van der Waals surface area (Å²) < 4.78 is 2.06. The Hall–Kier alpha value is -2.21. The van der Waals surface area contributed by atoms with Crippen LogP contribution in [0.25, 0.3) is 0 Å². The van der Waals surface area contributed by atoms with E-state index in [0.717, 1.165) is 44.2 Å². The van der Waals surface area contributed by atoms with Gasteiger partial charge in [-0.3, -0.25) is 14.6 Å². The van der Waals surface area contributed by atoms with E-state index >= 15 is 0 Å². The van der Waals surface area contributed by atoms with Crippen LogP contribution in [0.15, 0.2) is 36.8 Å². The van der Waals surface area contributed by atoms with E-state index in [1.165, 1.54) is 0 Å². The van der Waals surface area contributed by atoms with Gasteiger partial charge in [-0.2, -0.15) is 0 Å². The van der Waals surface area contributed by atoms with Gasteiger partial charge < -0.3 is 4.57 Å². The van der Waals surface area contributed by atoms with Gasteiger partial charge in [-0.1, -0.05) is 6.07 Å². The van der Waals surface area contributed by atoms with Crippen molar-refractivity contribution in [3.63, 3.8) is 0 Å². The van der Waals surface area contributed by atoms with Gasteiger partial charge in [0, 0.05) is 50.6 Å². The first-order valence-electron chi connectivity index (χ1n) is 8.05. The van der Waals surface area contributed by atoms with Gasteiger partial charge in [-0.15, -0.1) is 0 Å². The van der Waals surface area contributed by atoms with E-state index in [9.17, 15) is 4.79 Å². The van der Waals surface area contributed by atoms with E-state index in [2.05, 4.69) is 19.4 Å². The Balaban J connectivity index is 1.46. The minimum Gasteiger partial charge on any atom is -0.337 e. The van der Waals surface area contributed by atoms with Gasteiger partial charge in [-0.05, 0) is 25.1 Å². The average molecular weight is 311 g/mol. The lowest BCUT2D eigenvalue weighted by molar-refractivity contribution is -0.117. The summed E-state index contributed by atoms with van der Waals surface area (Å²) in [6.45, 7) is 3.61. The lowest BCUT2D eigenvalue weighted by atomic mass is 9.86. The van der Waals surface area contributed by atoms with Crippen molar-refractivity contribution in [2.75, 3.05) is 24.5 Å². The minimum absolute atomic E-state index is 0.0692. The molecule has 6 heteroatoms. The number of amides is 1. The van der Waals surface area contributed by atoms with Crippen LogP contribution >= 0.6 is 0 Å². The first-order chi connectivity index (χ1) is 11.2. The molecule has 120 valence electrons. The van der Waals surface area contributed by atoms with Gasteiger partial charge >= 0.3 is 0 Å². The molecular weight excluding hydrogens is 290 g/mol. The van der Waals surface area contributed by atoms with Crippen LogP contribution in [0.4, 0.5) is 5.82 Å². The number of pyridine rings is 1. The van der Waals surface area contributed by atoms with E-state index in [0.29, 0.717) is 6.42 Å². The van der Waals surface area contributed by atoms with Crippen LogP contribution in [-0.4, -0.2) is 45.0 Å².